The molecule has 0 spiro atoms. The highest BCUT2D eigenvalue weighted by Gasteiger charge is 2.39. The van der Waals surface area contributed by atoms with Crippen molar-refractivity contribution in [3.8, 4) is 0 Å². The molecular formula is C25H31ClF3NO2S. The van der Waals surface area contributed by atoms with E-state index in [0.29, 0.717) is 34.7 Å². The molecule has 2 unspecified atom stereocenters. The topological polar surface area (TPSA) is 46.2 Å². The monoisotopic (exact) mass is 501 g/mol. The van der Waals surface area contributed by atoms with Crippen LogP contribution < -0.4 is 5.32 Å². The normalized spacial score (nSPS) is 13.2. The summed E-state index contributed by atoms with van der Waals surface area (Å²) in [5, 5.41) is 3.06. The van der Waals surface area contributed by atoms with E-state index < -0.39 is 22.9 Å². The minimum atomic E-state index is -4.41. The number of halogens is 4. The first kappa shape index (κ1) is 28.9. The second-order valence-corrected chi connectivity index (χ2v) is 9.74. The quantitative estimate of drug-likeness (QED) is 0.412. The lowest BCUT2D eigenvalue weighted by atomic mass is 9.93. The fourth-order valence-corrected chi connectivity index (χ4v) is 3.92. The van der Waals surface area contributed by atoms with Crippen molar-refractivity contribution in [3.05, 3.63) is 74.8 Å². The van der Waals surface area contributed by atoms with Crippen LogP contribution in [0.25, 0.3) is 6.08 Å². The molecule has 0 heterocycles. The third-order valence-corrected chi connectivity index (χ3v) is 6.47. The third kappa shape index (κ3) is 9.72. The van der Waals surface area contributed by atoms with Gasteiger partial charge in [0.1, 0.15) is 0 Å². The molecule has 0 aliphatic rings. The van der Waals surface area contributed by atoms with Crippen LogP contribution in [-0.4, -0.2) is 28.8 Å². The Kier molecular flexibility index (Phi) is 11.9. The Morgan fingerprint density at radius 1 is 1.09 bits per heavy atom. The van der Waals surface area contributed by atoms with Gasteiger partial charge in [0.15, 0.2) is 0 Å². The fraction of sp³-hybridized carbons (Fsp3) is 0.400. The summed E-state index contributed by atoms with van der Waals surface area (Å²) in [6.07, 6.45) is 1.59. The summed E-state index contributed by atoms with van der Waals surface area (Å²) in [6, 6.07) is 8.29. The molecule has 33 heavy (non-hydrogen) atoms. The van der Waals surface area contributed by atoms with Crippen LogP contribution in [0.3, 0.4) is 0 Å². The van der Waals surface area contributed by atoms with E-state index in [9.17, 15) is 22.2 Å². The van der Waals surface area contributed by atoms with E-state index in [1.165, 1.54) is 24.3 Å². The molecule has 3 nitrogen and oxygen atoms in total. The van der Waals surface area contributed by atoms with E-state index in [0.717, 1.165) is 23.3 Å². The van der Waals surface area contributed by atoms with E-state index in [1.807, 2.05) is 13.8 Å². The number of carbonyl (C=O) groups excluding carboxylic acids is 1. The van der Waals surface area contributed by atoms with Crippen LogP contribution in [0.2, 0.25) is 5.02 Å². The zero-order chi connectivity index (χ0) is 25.2. The molecule has 8 heteroatoms. The molecular weight excluding hydrogens is 471 g/mol. The molecule has 2 aromatic carbocycles. The Labute approximate surface area is 201 Å². The average Bonchev–Trinajstić information content (AvgIpc) is 2.71. The van der Waals surface area contributed by atoms with Crippen LogP contribution in [0, 0.1) is 20.8 Å². The van der Waals surface area contributed by atoms with Crippen molar-refractivity contribution in [3.63, 3.8) is 0 Å². The van der Waals surface area contributed by atoms with Gasteiger partial charge < -0.3 is 5.32 Å². The lowest BCUT2D eigenvalue weighted by Crippen LogP contribution is -2.19. The van der Waals surface area contributed by atoms with Crippen molar-refractivity contribution >= 4 is 34.9 Å². The number of allylic oxidation sites excluding steroid dienone is 1. The molecule has 0 aliphatic carbocycles. The predicted octanol–water partition coefficient (Wildman–Crippen LogP) is 6.65. The first-order valence-electron chi connectivity index (χ1n) is 10.5. The Morgan fingerprint density at radius 3 is 2.12 bits per heavy atom. The van der Waals surface area contributed by atoms with Gasteiger partial charge in [-0.25, -0.2) is 0 Å². The summed E-state index contributed by atoms with van der Waals surface area (Å²) in [4.78, 5) is 10.4. The summed E-state index contributed by atoms with van der Waals surface area (Å²) < 4.78 is 51.0. The van der Waals surface area contributed by atoms with Crippen molar-refractivity contribution < 1.29 is 22.2 Å². The summed E-state index contributed by atoms with van der Waals surface area (Å²) in [5.74, 6) is -0.871. The second kappa shape index (κ2) is 13.6. The van der Waals surface area contributed by atoms with Gasteiger partial charge in [-0.2, -0.15) is 13.2 Å². The van der Waals surface area contributed by atoms with Gasteiger partial charge in [-0.3, -0.25) is 9.00 Å². The number of aryl methyl sites for hydroxylation is 3. The van der Waals surface area contributed by atoms with Gasteiger partial charge in [0.25, 0.3) is 0 Å². The highest BCUT2D eigenvalue weighted by molar-refractivity contribution is 7.84. The Morgan fingerprint density at radius 2 is 1.70 bits per heavy atom. The summed E-state index contributed by atoms with van der Waals surface area (Å²) in [7, 11) is -0.566. The van der Waals surface area contributed by atoms with E-state index in [4.69, 9.17) is 11.6 Å². The SMILES string of the molecule is CCCS(C)=O.Cc1cc(/C=C/C(c2cc(C)c(Cl)c(C)c2)C(F)(F)F)ccc1CNC=O. The van der Waals surface area contributed by atoms with E-state index in [1.54, 1.807) is 38.3 Å². The van der Waals surface area contributed by atoms with Gasteiger partial charge in [-0.1, -0.05) is 61.0 Å². The number of nitrogens with one attached hydrogen (secondary N) is 1. The molecule has 0 saturated carbocycles. The number of benzene rings is 2. The van der Waals surface area contributed by atoms with Crippen LogP contribution in [0.4, 0.5) is 13.2 Å². The maximum absolute atomic E-state index is 13.6. The van der Waals surface area contributed by atoms with Gasteiger partial charge in [0, 0.05) is 34.4 Å². The maximum Gasteiger partial charge on any atom is 0.399 e. The van der Waals surface area contributed by atoms with Crippen molar-refractivity contribution in [1.82, 2.24) is 5.32 Å². The molecule has 1 N–H and O–H groups in total. The lowest BCUT2D eigenvalue weighted by molar-refractivity contribution is -0.139. The lowest BCUT2D eigenvalue weighted by Gasteiger charge is -2.19. The van der Waals surface area contributed by atoms with Gasteiger partial charge >= 0.3 is 6.18 Å². The first-order chi connectivity index (χ1) is 15.4. The Bertz CT molecular complexity index is 967. The van der Waals surface area contributed by atoms with Gasteiger partial charge in [0.2, 0.25) is 6.41 Å². The Balaban J connectivity index is 0.000000801. The number of hydrogen-bond acceptors (Lipinski definition) is 2. The zero-order valence-corrected chi connectivity index (χ0v) is 21.1. The molecule has 1 amide bonds. The molecule has 0 aliphatic heterocycles. The molecule has 0 radical (unpaired) electrons. The van der Waals surface area contributed by atoms with E-state index >= 15 is 0 Å². The number of rotatable bonds is 8. The average molecular weight is 502 g/mol. The number of hydrogen-bond donors (Lipinski definition) is 1. The smallest absolute Gasteiger partial charge is 0.355 e. The van der Waals surface area contributed by atoms with Crippen LogP contribution in [0.5, 0.6) is 0 Å². The minimum Gasteiger partial charge on any atom is -0.355 e. The third-order valence-electron chi connectivity index (χ3n) is 4.89. The highest BCUT2D eigenvalue weighted by Crippen LogP contribution is 2.38. The van der Waals surface area contributed by atoms with E-state index in [2.05, 4.69) is 5.32 Å². The highest BCUT2D eigenvalue weighted by atomic mass is 35.5. The number of alkyl halides is 3. The van der Waals surface area contributed by atoms with Crippen molar-refractivity contribution in [1.29, 1.82) is 0 Å². The van der Waals surface area contributed by atoms with Crippen LogP contribution in [-0.2, 0) is 22.1 Å². The van der Waals surface area contributed by atoms with Crippen molar-refractivity contribution in [2.24, 2.45) is 0 Å². The molecule has 182 valence electrons. The summed E-state index contributed by atoms with van der Waals surface area (Å²) in [6.45, 7) is 7.67. The predicted molar refractivity (Wildman–Crippen MR) is 132 cm³/mol. The molecule has 2 aromatic rings. The van der Waals surface area contributed by atoms with E-state index in [-0.39, 0.29) is 5.56 Å². The molecule has 0 saturated heterocycles. The Hall–Kier alpha value is -2.12. The summed E-state index contributed by atoms with van der Waals surface area (Å²) >= 11 is 6.08. The summed E-state index contributed by atoms with van der Waals surface area (Å²) in [5.41, 5.74) is 3.89. The largest absolute Gasteiger partial charge is 0.399 e. The minimum absolute atomic E-state index is 0.168. The standard InChI is InChI=1S/C21H21ClF3NO.C4H10OS/c1-13-8-16(4-6-17(13)11-26-12-27)5-7-19(21(23,24)25)18-9-14(2)20(22)15(3)10-18;1-3-4-6(2)5/h4-10,12,19H,11H2,1-3H3,(H,26,27);3-4H2,1-2H3/b7-5+;. The van der Waals surface area contributed by atoms with Gasteiger partial charge in [-0.15, -0.1) is 0 Å². The molecule has 2 rings (SSSR count). The molecule has 0 fully saturated rings. The van der Waals surface area contributed by atoms with Crippen molar-refractivity contribution in [2.45, 2.75) is 52.8 Å². The second-order valence-electron chi connectivity index (χ2n) is 7.81. The van der Waals surface area contributed by atoms with Crippen LogP contribution >= 0.6 is 11.6 Å². The number of amides is 1. The van der Waals surface area contributed by atoms with Crippen LogP contribution in [0.15, 0.2) is 36.4 Å². The molecule has 0 bridgehead atoms. The first-order valence-corrected chi connectivity index (χ1v) is 12.6. The van der Waals surface area contributed by atoms with Gasteiger partial charge in [-0.05, 0) is 60.6 Å². The zero-order valence-electron chi connectivity index (χ0n) is 19.6. The van der Waals surface area contributed by atoms with Gasteiger partial charge in [0.05, 0.1) is 5.92 Å². The van der Waals surface area contributed by atoms with Crippen LogP contribution in [0.1, 0.15) is 52.6 Å². The fourth-order valence-electron chi connectivity index (χ4n) is 3.24. The molecule has 2 atom stereocenters. The maximum atomic E-state index is 13.6. The molecule has 0 aromatic heterocycles. The van der Waals surface area contributed by atoms with Crippen molar-refractivity contribution in [2.75, 3.05) is 12.0 Å². The number of carbonyl (C=O) groups is 1.